The molecule has 3 rings (SSSR count). The molecule has 0 spiro atoms. The van der Waals surface area contributed by atoms with E-state index in [-0.39, 0.29) is 18.3 Å². The van der Waals surface area contributed by atoms with E-state index in [1.165, 1.54) is 4.90 Å². The molecule has 0 unspecified atom stereocenters. The number of likely N-dealkylation sites (N-methyl/N-ethyl adjacent to an activating group) is 1. The molecule has 1 fully saturated rings. The molecule has 2 aromatic heterocycles. The van der Waals surface area contributed by atoms with E-state index < -0.39 is 11.2 Å². The Balaban J connectivity index is 1.77. The summed E-state index contributed by atoms with van der Waals surface area (Å²) in [6, 6.07) is 5.57. The lowest BCUT2D eigenvalue weighted by molar-refractivity contribution is -0.133. The molecular weight excluding hydrogens is 260 g/mol. The number of aromatic amines is 1. The van der Waals surface area contributed by atoms with Crippen molar-refractivity contribution in [1.29, 1.82) is 0 Å². The van der Waals surface area contributed by atoms with E-state index in [4.69, 9.17) is 4.42 Å². The number of rotatable bonds is 4. The predicted octanol–water partition coefficient (Wildman–Crippen LogP) is 0.448. The van der Waals surface area contributed by atoms with Crippen LogP contribution in [-0.2, 0) is 16.8 Å². The van der Waals surface area contributed by atoms with Crippen molar-refractivity contribution >= 4 is 5.91 Å². The molecule has 104 valence electrons. The third-order valence-corrected chi connectivity index (χ3v) is 3.52. The van der Waals surface area contributed by atoms with Gasteiger partial charge in [0.1, 0.15) is 0 Å². The quantitative estimate of drug-likeness (QED) is 0.873. The van der Waals surface area contributed by atoms with Gasteiger partial charge in [-0.15, -0.1) is 5.10 Å². The summed E-state index contributed by atoms with van der Waals surface area (Å²) in [6.45, 7) is 0.159. The molecule has 2 heterocycles. The first-order valence-corrected chi connectivity index (χ1v) is 6.33. The van der Waals surface area contributed by atoms with Crippen molar-refractivity contribution in [3.05, 3.63) is 46.5 Å². The first-order chi connectivity index (χ1) is 9.62. The SMILES string of the molecule is CN(Cc1n[nH]c(=O)o1)C(=O)C1(c2ccccn2)CC1. The molecule has 0 aromatic carbocycles. The Hall–Kier alpha value is -2.44. The molecule has 1 amide bonds. The Morgan fingerprint density at radius 3 is 2.85 bits per heavy atom. The van der Waals surface area contributed by atoms with Gasteiger partial charge < -0.3 is 9.32 Å². The van der Waals surface area contributed by atoms with Gasteiger partial charge in [0.2, 0.25) is 11.8 Å². The number of aromatic nitrogens is 3. The zero-order valence-electron chi connectivity index (χ0n) is 11.0. The third kappa shape index (κ3) is 2.11. The molecule has 0 bridgehead atoms. The molecular formula is C13H14N4O3. The molecule has 0 atom stereocenters. The fraction of sp³-hybridized carbons (Fsp3) is 0.385. The van der Waals surface area contributed by atoms with E-state index in [1.54, 1.807) is 13.2 Å². The fourth-order valence-electron chi connectivity index (χ4n) is 2.32. The maximum Gasteiger partial charge on any atom is 0.434 e. The van der Waals surface area contributed by atoms with E-state index in [0.29, 0.717) is 0 Å². The van der Waals surface area contributed by atoms with Crippen molar-refractivity contribution in [1.82, 2.24) is 20.1 Å². The van der Waals surface area contributed by atoms with Crippen molar-refractivity contribution < 1.29 is 9.21 Å². The lowest BCUT2D eigenvalue weighted by Gasteiger charge is -2.21. The van der Waals surface area contributed by atoms with Crippen molar-refractivity contribution in [2.75, 3.05) is 7.05 Å². The van der Waals surface area contributed by atoms with Crippen molar-refractivity contribution in [2.45, 2.75) is 24.8 Å². The maximum atomic E-state index is 12.6. The summed E-state index contributed by atoms with van der Waals surface area (Å²) < 4.78 is 4.81. The third-order valence-electron chi connectivity index (χ3n) is 3.52. The maximum absolute atomic E-state index is 12.6. The van der Waals surface area contributed by atoms with Crippen LogP contribution in [0.4, 0.5) is 0 Å². The van der Waals surface area contributed by atoms with Crippen molar-refractivity contribution in [2.24, 2.45) is 0 Å². The molecule has 2 aromatic rings. The minimum Gasteiger partial charge on any atom is -0.391 e. The summed E-state index contributed by atoms with van der Waals surface area (Å²) >= 11 is 0. The largest absolute Gasteiger partial charge is 0.434 e. The number of amides is 1. The number of hydrogen-bond donors (Lipinski definition) is 1. The van der Waals surface area contributed by atoms with E-state index >= 15 is 0 Å². The summed E-state index contributed by atoms with van der Waals surface area (Å²) in [4.78, 5) is 29.2. The summed E-state index contributed by atoms with van der Waals surface area (Å²) in [5.41, 5.74) is 0.271. The average molecular weight is 274 g/mol. The first kappa shape index (κ1) is 12.6. The Morgan fingerprint density at radius 1 is 1.50 bits per heavy atom. The molecule has 1 aliphatic carbocycles. The minimum atomic E-state index is -0.619. The second-order valence-corrected chi connectivity index (χ2v) is 4.97. The standard InChI is InChI=1S/C13H14N4O3/c1-17(8-10-15-16-12(19)20-10)11(18)13(5-6-13)9-4-2-3-7-14-9/h2-4,7H,5-6,8H2,1H3,(H,16,19). The molecule has 1 N–H and O–H groups in total. The molecule has 7 heteroatoms. The summed E-state index contributed by atoms with van der Waals surface area (Å²) in [5, 5.41) is 5.88. The van der Waals surface area contributed by atoms with Gasteiger partial charge in [-0.3, -0.25) is 9.78 Å². The fourth-order valence-corrected chi connectivity index (χ4v) is 2.32. The van der Waals surface area contributed by atoms with Gasteiger partial charge in [-0.1, -0.05) is 6.07 Å². The van der Waals surface area contributed by atoms with Gasteiger partial charge in [0.25, 0.3) is 0 Å². The predicted molar refractivity (Wildman–Crippen MR) is 68.7 cm³/mol. The Morgan fingerprint density at radius 2 is 2.30 bits per heavy atom. The van der Waals surface area contributed by atoms with Crippen LogP contribution in [0.25, 0.3) is 0 Å². The second kappa shape index (κ2) is 4.59. The molecule has 0 radical (unpaired) electrons. The van der Waals surface area contributed by atoms with E-state index in [9.17, 15) is 9.59 Å². The van der Waals surface area contributed by atoms with Crippen LogP contribution >= 0.6 is 0 Å². The van der Waals surface area contributed by atoms with Gasteiger partial charge in [-0.2, -0.15) is 0 Å². The van der Waals surface area contributed by atoms with Gasteiger partial charge >= 0.3 is 5.76 Å². The Bertz CT molecular complexity index is 672. The smallest absolute Gasteiger partial charge is 0.391 e. The Labute approximate surface area is 114 Å². The lowest BCUT2D eigenvalue weighted by Crippen LogP contribution is -2.36. The zero-order chi connectivity index (χ0) is 14.2. The number of H-pyrrole nitrogens is 1. The van der Waals surface area contributed by atoms with Gasteiger partial charge in [0.15, 0.2) is 0 Å². The topological polar surface area (TPSA) is 92.1 Å². The number of hydrogen-bond acceptors (Lipinski definition) is 5. The summed E-state index contributed by atoms with van der Waals surface area (Å²) in [5.74, 6) is -0.448. The molecule has 1 aliphatic rings. The monoisotopic (exact) mass is 274 g/mol. The van der Waals surface area contributed by atoms with Crippen LogP contribution in [-0.4, -0.2) is 33.0 Å². The van der Waals surface area contributed by atoms with E-state index in [1.807, 2.05) is 18.2 Å². The van der Waals surface area contributed by atoms with Gasteiger partial charge in [0.05, 0.1) is 17.7 Å². The van der Waals surface area contributed by atoms with Crippen LogP contribution in [0.1, 0.15) is 24.4 Å². The van der Waals surface area contributed by atoms with Gasteiger partial charge in [-0.05, 0) is 25.0 Å². The molecule has 20 heavy (non-hydrogen) atoms. The average Bonchev–Trinajstić information content (AvgIpc) is 3.18. The number of carbonyl (C=O) groups excluding carboxylic acids is 1. The molecule has 0 saturated heterocycles. The molecule has 0 aliphatic heterocycles. The number of pyridine rings is 1. The van der Waals surface area contributed by atoms with E-state index in [2.05, 4.69) is 15.2 Å². The summed E-state index contributed by atoms with van der Waals surface area (Å²) in [7, 11) is 1.67. The highest BCUT2D eigenvalue weighted by molar-refractivity contribution is 5.90. The normalized spacial score (nSPS) is 15.8. The van der Waals surface area contributed by atoms with Crippen molar-refractivity contribution in [3.8, 4) is 0 Å². The number of nitrogens with zero attached hydrogens (tertiary/aromatic N) is 3. The highest BCUT2D eigenvalue weighted by Crippen LogP contribution is 2.48. The summed E-state index contributed by atoms with van der Waals surface area (Å²) in [6.07, 6.45) is 3.27. The highest BCUT2D eigenvalue weighted by Gasteiger charge is 2.53. The first-order valence-electron chi connectivity index (χ1n) is 6.33. The van der Waals surface area contributed by atoms with Gasteiger partial charge in [0, 0.05) is 13.2 Å². The van der Waals surface area contributed by atoms with Crippen LogP contribution in [0.3, 0.4) is 0 Å². The minimum absolute atomic E-state index is 0.0261. The van der Waals surface area contributed by atoms with Gasteiger partial charge in [-0.25, -0.2) is 9.89 Å². The number of nitrogens with one attached hydrogen (secondary N) is 1. The van der Waals surface area contributed by atoms with Crippen LogP contribution in [0.2, 0.25) is 0 Å². The van der Waals surface area contributed by atoms with Crippen LogP contribution in [0.15, 0.2) is 33.6 Å². The molecule has 1 saturated carbocycles. The Kier molecular flexibility index (Phi) is 2.89. The molecule has 7 nitrogen and oxygen atoms in total. The second-order valence-electron chi connectivity index (χ2n) is 4.97. The van der Waals surface area contributed by atoms with Crippen LogP contribution < -0.4 is 5.76 Å². The highest BCUT2D eigenvalue weighted by atomic mass is 16.4. The van der Waals surface area contributed by atoms with Crippen LogP contribution in [0, 0.1) is 0 Å². The lowest BCUT2D eigenvalue weighted by atomic mass is 10.00. The number of carbonyl (C=O) groups is 1. The van der Waals surface area contributed by atoms with Crippen LogP contribution in [0.5, 0.6) is 0 Å². The van der Waals surface area contributed by atoms with Crippen molar-refractivity contribution in [3.63, 3.8) is 0 Å². The zero-order valence-corrected chi connectivity index (χ0v) is 11.0. The van der Waals surface area contributed by atoms with E-state index in [0.717, 1.165) is 18.5 Å².